The quantitative estimate of drug-likeness (QED) is 0.937. The highest BCUT2D eigenvalue weighted by Gasteiger charge is 2.39. The number of piperidine rings is 1. The van der Waals surface area contributed by atoms with Gasteiger partial charge in [0.25, 0.3) is 0 Å². The highest BCUT2D eigenvalue weighted by molar-refractivity contribution is 5.94. The van der Waals surface area contributed by atoms with Gasteiger partial charge < -0.3 is 10.2 Å². The lowest BCUT2D eigenvalue weighted by atomic mass is 9.84. The summed E-state index contributed by atoms with van der Waals surface area (Å²) >= 11 is 0. The van der Waals surface area contributed by atoms with Gasteiger partial charge in [-0.2, -0.15) is 5.10 Å². The average molecular weight is 330 g/mol. The van der Waals surface area contributed by atoms with Gasteiger partial charge in [0.15, 0.2) is 0 Å². The lowest BCUT2D eigenvalue weighted by molar-refractivity contribution is -0.140. The van der Waals surface area contributed by atoms with Crippen molar-refractivity contribution in [3.8, 4) is 0 Å². The van der Waals surface area contributed by atoms with Gasteiger partial charge >= 0.3 is 0 Å². The Labute approximate surface area is 139 Å². The van der Waals surface area contributed by atoms with E-state index in [1.54, 1.807) is 43.3 Å². The number of anilines is 1. The van der Waals surface area contributed by atoms with Gasteiger partial charge in [0.2, 0.25) is 11.8 Å². The van der Waals surface area contributed by atoms with Gasteiger partial charge in [0.05, 0.1) is 23.8 Å². The Morgan fingerprint density at radius 1 is 1.38 bits per heavy atom. The Balaban J connectivity index is 1.88. The van der Waals surface area contributed by atoms with E-state index in [-0.39, 0.29) is 17.6 Å². The maximum absolute atomic E-state index is 13.6. The van der Waals surface area contributed by atoms with Crippen molar-refractivity contribution in [3.05, 3.63) is 48.0 Å². The van der Waals surface area contributed by atoms with Gasteiger partial charge in [-0.1, -0.05) is 12.1 Å². The molecule has 0 saturated carbocycles. The van der Waals surface area contributed by atoms with E-state index in [1.165, 1.54) is 17.0 Å². The van der Waals surface area contributed by atoms with Crippen LogP contribution in [-0.2, 0) is 16.6 Å². The zero-order valence-corrected chi connectivity index (χ0v) is 13.6. The summed E-state index contributed by atoms with van der Waals surface area (Å²) in [5.41, 5.74) is 1.22. The molecule has 6 nitrogen and oxygen atoms in total. The zero-order valence-electron chi connectivity index (χ0n) is 13.6. The first-order valence-corrected chi connectivity index (χ1v) is 7.76. The van der Waals surface area contributed by atoms with Crippen molar-refractivity contribution in [2.75, 3.05) is 12.4 Å². The number of aryl methyl sites for hydroxylation is 1. The Hall–Kier alpha value is -2.70. The fourth-order valence-corrected chi connectivity index (χ4v) is 3.18. The van der Waals surface area contributed by atoms with Gasteiger partial charge in [-0.3, -0.25) is 14.3 Å². The van der Waals surface area contributed by atoms with E-state index in [0.29, 0.717) is 24.1 Å². The van der Waals surface area contributed by atoms with Gasteiger partial charge in [-0.15, -0.1) is 0 Å². The van der Waals surface area contributed by atoms with E-state index < -0.39 is 12.0 Å². The largest absolute Gasteiger partial charge is 0.338 e. The summed E-state index contributed by atoms with van der Waals surface area (Å²) in [6, 6.07) is 5.57. The van der Waals surface area contributed by atoms with Crippen LogP contribution in [0.1, 0.15) is 24.4 Å². The number of nitrogens with zero attached hydrogens (tertiary/aromatic N) is 3. The van der Waals surface area contributed by atoms with E-state index in [2.05, 4.69) is 10.4 Å². The predicted octanol–water partition coefficient (Wildman–Crippen LogP) is 2.11. The van der Waals surface area contributed by atoms with Gasteiger partial charge in [0, 0.05) is 26.7 Å². The predicted molar refractivity (Wildman–Crippen MR) is 86.5 cm³/mol. The van der Waals surface area contributed by atoms with E-state index in [9.17, 15) is 14.0 Å². The van der Waals surface area contributed by atoms with Crippen LogP contribution >= 0.6 is 0 Å². The SMILES string of the molecule is CN1C(=O)CCC(C(=O)Nc2cnn(C)c2)C1c1cccc(F)c1. The van der Waals surface area contributed by atoms with Crippen LogP contribution in [0, 0.1) is 11.7 Å². The first-order valence-electron chi connectivity index (χ1n) is 7.76. The summed E-state index contributed by atoms with van der Waals surface area (Å²) in [5, 5.41) is 6.85. The molecule has 1 aliphatic rings. The van der Waals surface area contributed by atoms with Gasteiger partial charge in [-0.05, 0) is 24.1 Å². The number of hydrogen-bond acceptors (Lipinski definition) is 3. The highest BCUT2D eigenvalue weighted by atomic mass is 19.1. The second kappa shape index (κ2) is 6.43. The smallest absolute Gasteiger partial charge is 0.230 e. The molecule has 3 rings (SSSR count). The van der Waals surface area contributed by atoms with Crippen LogP contribution in [0.4, 0.5) is 10.1 Å². The van der Waals surface area contributed by atoms with Crippen molar-refractivity contribution < 1.29 is 14.0 Å². The molecule has 1 aliphatic heterocycles. The number of halogens is 1. The van der Waals surface area contributed by atoms with Crippen molar-refractivity contribution in [2.24, 2.45) is 13.0 Å². The van der Waals surface area contributed by atoms with Crippen molar-refractivity contribution in [3.63, 3.8) is 0 Å². The third-order valence-electron chi connectivity index (χ3n) is 4.36. The standard InChI is InChI=1S/C17H19FN4O2/c1-21-10-13(9-19-21)20-17(24)14-6-7-15(23)22(2)16(14)11-4-3-5-12(18)8-11/h3-5,8-10,14,16H,6-7H2,1-2H3,(H,20,24). The minimum absolute atomic E-state index is 0.0466. The molecular weight excluding hydrogens is 311 g/mol. The second-order valence-electron chi connectivity index (χ2n) is 6.04. The molecule has 2 amide bonds. The minimum atomic E-state index is -0.487. The minimum Gasteiger partial charge on any atom is -0.338 e. The molecule has 1 saturated heterocycles. The number of benzene rings is 1. The van der Waals surface area contributed by atoms with Gasteiger partial charge in [-0.25, -0.2) is 4.39 Å². The van der Waals surface area contributed by atoms with E-state index in [1.807, 2.05) is 0 Å². The van der Waals surface area contributed by atoms with E-state index in [4.69, 9.17) is 0 Å². The van der Waals surface area contributed by atoms with E-state index >= 15 is 0 Å². The molecule has 1 aromatic carbocycles. The highest BCUT2D eigenvalue weighted by Crippen LogP contribution is 2.36. The zero-order chi connectivity index (χ0) is 17.3. The van der Waals surface area contributed by atoms with Gasteiger partial charge in [0.1, 0.15) is 5.82 Å². The number of carbonyl (C=O) groups is 2. The molecule has 2 heterocycles. The molecule has 1 aromatic heterocycles. The number of likely N-dealkylation sites (tertiary alicyclic amines) is 1. The number of carbonyl (C=O) groups excluding carboxylic acids is 2. The summed E-state index contributed by atoms with van der Waals surface area (Å²) in [4.78, 5) is 26.3. The molecule has 0 radical (unpaired) electrons. The molecule has 2 atom stereocenters. The molecule has 1 fully saturated rings. The van der Waals surface area contributed by atoms with E-state index in [0.717, 1.165) is 0 Å². The van der Waals surface area contributed by atoms with Crippen molar-refractivity contribution >= 4 is 17.5 Å². The number of hydrogen-bond donors (Lipinski definition) is 1. The molecule has 126 valence electrons. The summed E-state index contributed by atoms with van der Waals surface area (Å²) in [5.74, 6) is -1.08. The Morgan fingerprint density at radius 3 is 2.83 bits per heavy atom. The Bertz CT molecular complexity index is 773. The van der Waals surface area contributed by atoms with Crippen molar-refractivity contribution in [2.45, 2.75) is 18.9 Å². The molecule has 0 spiro atoms. The molecule has 1 N–H and O–H groups in total. The third kappa shape index (κ3) is 3.15. The summed E-state index contributed by atoms with van der Waals surface area (Å²) < 4.78 is 15.2. The fraction of sp³-hybridized carbons (Fsp3) is 0.353. The lowest BCUT2D eigenvalue weighted by Crippen LogP contribution is -2.44. The summed E-state index contributed by atoms with van der Waals surface area (Å²) in [6.45, 7) is 0. The number of aromatic nitrogens is 2. The maximum Gasteiger partial charge on any atom is 0.230 e. The van der Waals surface area contributed by atoms with Crippen LogP contribution in [0.5, 0.6) is 0 Å². The molecule has 7 heteroatoms. The topological polar surface area (TPSA) is 67.2 Å². The van der Waals surface area contributed by atoms with Crippen LogP contribution < -0.4 is 5.32 Å². The molecular formula is C17H19FN4O2. The first-order chi connectivity index (χ1) is 11.5. The first kappa shape index (κ1) is 16.2. The lowest BCUT2D eigenvalue weighted by Gasteiger charge is -2.38. The van der Waals surface area contributed by atoms with Crippen LogP contribution in [0.3, 0.4) is 0 Å². The van der Waals surface area contributed by atoms with Crippen LogP contribution in [0.15, 0.2) is 36.7 Å². The van der Waals surface area contributed by atoms with Crippen molar-refractivity contribution in [1.82, 2.24) is 14.7 Å². The number of nitrogens with one attached hydrogen (secondary N) is 1. The molecule has 24 heavy (non-hydrogen) atoms. The Morgan fingerprint density at radius 2 is 2.17 bits per heavy atom. The number of amides is 2. The number of rotatable bonds is 3. The average Bonchev–Trinajstić information content (AvgIpc) is 2.94. The molecule has 0 aliphatic carbocycles. The van der Waals surface area contributed by atoms with Crippen LogP contribution in [-0.4, -0.2) is 33.5 Å². The maximum atomic E-state index is 13.6. The van der Waals surface area contributed by atoms with Crippen molar-refractivity contribution in [1.29, 1.82) is 0 Å². The van der Waals surface area contributed by atoms with Crippen LogP contribution in [0.25, 0.3) is 0 Å². The molecule has 0 bridgehead atoms. The molecule has 2 unspecified atom stereocenters. The monoisotopic (exact) mass is 330 g/mol. The summed E-state index contributed by atoms with van der Waals surface area (Å²) in [6.07, 6.45) is 3.99. The Kier molecular flexibility index (Phi) is 4.33. The normalized spacial score (nSPS) is 21.0. The summed E-state index contributed by atoms with van der Waals surface area (Å²) in [7, 11) is 3.42. The second-order valence-corrected chi connectivity index (χ2v) is 6.04. The fourth-order valence-electron chi connectivity index (χ4n) is 3.18. The third-order valence-corrected chi connectivity index (χ3v) is 4.36. The van der Waals surface area contributed by atoms with Crippen LogP contribution in [0.2, 0.25) is 0 Å². The molecule has 2 aromatic rings.